The summed E-state index contributed by atoms with van der Waals surface area (Å²) in [5.41, 5.74) is 0.889. The van der Waals surface area contributed by atoms with Crippen LogP contribution in [0.4, 0.5) is 0 Å². The van der Waals surface area contributed by atoms with Crippen LogP contribution in [0, 0.1) is 16.7 Å². The van der Waals surface area contributed by atoms with Crippen molar-refractivity contribution < 1.29 is 4.79 Å². The zero-order valence-electron chi connectivity index (χ0n) is 11.2. The van der Waals surface area contributed by atoms with Crippen LogP contribution in [0.2, 0.25) is 10.0 Å². The Bertz CT molecular complexity index is 469. The predicted molar refractivity (Wildman–Crippen MR) is 76.2 cm³/mol. The van der Waals surface area contributed by atoms with Gasteiger partial charge in [0.15, 0.2) is 0 Å². The van der Waals surface area contributed by atoms with Gasteiger partial charge in [0.1, 0.15) is 5.78 Å². The van der Waals surface area contributed by atoms with Gasteiger partial charge in [-0.25, -0.2) is 0 Å². The molecule has 0 radical (unpaired) electrons. The summed E-state index contributed by atoms with van der Waals surface area (Å²) in [5.74, 6) is 0.331. The van der Waals surface area contributed by atoms with E-state index in [4.69, 9.17) is 23.2 Å². The Labute approximate surface area is 118 Å². The van der Waals surface area contributed by atoms with E-state index in [1.54, 1.807) is 18.2 Å². The lowest BCUT2D eigenvalue weighted by molar-refractivity contribution is -0.120. The second-order valence-electron chi connectivity index (χ2n) is 6.22. The molecule has 98 valence electrons. The summed E-state index contributed by atoms with van der Waals surface area (Å²) in [6, 6.07) is 5.35. The molecule has 1 aliphatic rings. The van der Waals surface area contributed by atoms with E-state index in [0.29, 0.717) is 16.5 Å². The zero-order valence-corrected chi connectivity index (χ0v) is 12.7. The van der Waals surface area contributed by atoms with Crippen LogP contribution in [0.3, 0.4) is 0 Å². The van der Waals surface area contributed by atoms with Crippen LogP contribution in [0.25, 0.3) is 0 Å². The van der Waals surface area contributed by atoms with Crippen molar-refractivity contribution >= 4 is 29.0 Å². The number of hydrogen-bond acceptors (Lipinski definition) is 1. The first-order valence-electron chi connectivity index (χ1n) is 6.15. The Morgan fingerprint density at radius 3 is 1.94 bits per heavy atom. The van der Waals surface area contributed by atoms with Gasteiger partial charge in [0.05, 0.1) is 0 Å². The maximum atomic E-state index is 12.4. The first-order valence-corrected chi connectivity index (χ1v) is 6.91. The SMILES string of the molecule is CC1(C)C(C(=O)Cc2c(Cl)cccc2Cl)C1(C)C. The number of rotatable bonds is 3. The van der Waals surface area contributed by atoms with Gasteiger partial charge >= 0.3 is 0 Å². The van der Waals surface area contributed by atoms with Crippen LogP contribution in [-0.4, -0.2) is 5.78 Å². The lowest BCUT2D eigenvalue weighted by atomic mass is 10.0. The molecule has 0 N–H and O–H groups in total. The van der Waals surface area contributed by atoms with Crippen molar-refractivity contribution in [2.45, 2.75) is 34.1 Å². The Hall–Kier alpha value is -0.530. The van der Waals surface area contributed by atoms with Gasteiger partial charge in [-0.2, -0.15) is 0 Å². The third-order valence-electron chi connectivity index (χ3n) is 4.76. The second-order valence-corrected chi connectivity index (χ2v) is 7.03. The summed E-state index contributed by atoms with van der Waals surface area (Å²) in [4.78, 5) is 12.4. The summed E-state index contributed by atoms with van der Waals surface area (Å²) < 4.78 is 0. The number of carbonyl (C=O) groups excluding carboxylic acids is 1. The highest BCUT2D eigenvalue weighted by Gasteiger charge is 2.67. The number of ketones is 1. The monoisotopic (exact) mass is 284 g/mol. The fourth-order valence-electron chi connectivity index (χ4n) is 2.98. The molecule has 3 heteroatoms. The minimum atomic E-state index is 0.0673. The van der Waals surface area contributed by atoms with Gasteiger partial charge in [-0.3, -0.25) is 4.79 Å². The van der Waals surface area contributed by atoms with Crippen LogP contribution in [0.1, 0.15) is 33.3 Å². The Balaban J connectivity index is 2.20. The third-order valence-corrected chi connectivity index (χ3v) is 5.46. The minimum absolute atomic E-state index is 0.0673. The van der Waals surface area contributed by atoms with E-state index in [0.717, 1.165) is 5.56 Å². The Morgan fingerprint density at radius 1 is 1.11 bits per heavy atom. The molecule has 18 heavy (non-hydrogen) atoms. The Kier molecular flexibility index (Phi) is 3.28. The number of hydrogen-bond donors (Lipinski definition) is 0. The first-order chi connectivity index (χ1) is 8.19. The molecule has 1 aromatic carbocycles. The molecule has 0 spiro atoms. The molecule has 0 aromatic heterocycles. The largest absolute Gasteiger partial charge is 0.299 e. The molecule has 1 fully saturated rings. The molecule has 0 saturated heterocycles. The van der Waals surface area contributed by atoms with Crippen LogP contribution in [0.15, 0.2) is 18.2 Å². The zero-order chi connectivity index (χ0) is 13.7. The van der Waals surface area contributed by atoms with Crippen LogP contribution in [0.5, 0.6) is 0 Å². The molecule has 1 nitrogen and oxygen atoms in total. The van der Waals surface area contributed by atoms with E-state index >= 15 is 0 Å². The summed E-state index contributed by atoms with van der Waals surface area (Å²) >= 11 is 12.2. The van der Waals surface area contributed by atoms with Crippen LogP contribution in [-0.2, 0) is 11.2 Å². The van der Waals surface area contributed by atoms with E-state index in [1.807, 2.05) is 0 Å². The van der Waals surface area contributed by atoms with Crippen LogP contribution >= 0.6 is 23.2 Å². The maximum Gasteiger partial charge on any atom is 0.141 e. The highest BCUT2D eigenvalue weighted by atomic mass is 35.5. The summed E-state index contributed by atoms with van der Waals surface area (Å²) in [6.45, 7) is 8.57. The molecule has 0 unspecified atom stereocenters. The molecule has 0 heterocycles. The standard InChI is InChI=1S/C15H18Cl2O/c1-14(2)13(15(14,3)4)12(18)8-9-10(16)6-5-7-11(9)17/h5-7,13H,8H2,1-4H3. The van der Waals surface area contributed by atoms with Crippen molar-refractivity contribution in [3.8, 4) is 0 Å². The van der Waals surface area contributed by atoms with Crippen LogP contribution < -0.4 is 0 Å². The number of halogens is 2. The quantitative estimate of drug-likeness (QED) is 0.780. The maximum absolute atomic E-state index is 12.4. The molecule has 2 rings (SSSR count). The average Bonchev–Trinajstić information content (AvgIpc) is 2.63. The molecular formula is C15H18Cl2O. The topological polar surface area (TPSA) is 17.1 Å². The smallest absolute Gasteiger partial charge is 0.141 e. The van der Waals surface area contributed by atoms with E-state index < -0.39 is 0 Å². The van der Waals surface area contributed by atoms with Crippen molar-refractivity contribution in [1.82, 2.24) is 0 Å². The minimum Gasteiger partial charge on any atom is -0.299 e. The second kappa shape index (κ2) is 4.25. The van der Waals surface area contributed by atoms with Crippen molar-refractivity contribution in [3.05, 3.63) is 33.8 Å². The highest BCUT2D eigenvalue weighted by molar-refractivity contribution is 6.36. The molecule has 0 aliphatic heterocycles. The van der Waals surface area contributed by atoms with E-state index in [1.165, 1.54) is 0 Å². The summed E-state index contributed by atoms with van der Waals surface area (Å²) in [6.07, 6.45) is 0.329. The molecule has 1 aromatic rings. The predicted octanol–water partition coefficient (Wildman–Crippen LogP) is 4.79. The van der Waals surface area contributed by atoms with Gasteiger partial charge in [-0.1, -0.05) is 57.0 Å². The highest BCUT2D eigenvalue weighted by Crippen LogP contribution is 2.68. The third kappa shape index (κ3) is 1.98. The van der Waals surface area contributed by atoms with E-state index in [-0.39, 0.29) is 22.5 Å². The van der Waals surface area contributed by atoms with Gasteiger partial charge in [-0.05, 0) is 28.5 Å². The van der Waals surface area contributed by atoms with Gasteiger partial charge in [0.25, 0.3) is 0 Å². The molecule has 0 atom stereocenters. The fourth-order valence-corrected chi connectivity index (χ4v) is 3.51. The summed E-state index contributed by atoms with van der Waals surface area (Å²) in [7, 11) is 0. The number of benzene rings is 1. The fraction of sp³-hybridized carbons (Fsp3) is 0.533. The van der Waals surface area contributed by atoms with E-state index in [9.17, 15) is 4.79 Å². The summed E-state index contributed by atoms with van der Waals surface area (Å²) in [5, 5.41) is 1.15. The van der Waals surface area contributed by atoms with Gasteiger partial charge < -0.3 is 0 Å². The van der Waals surface area contributed by atoms with Crippen molar-refractivity contribution in [3.63, 3.8) is 0 Å². The molecular weight excluding hydrogens is 267 g/mol. The average molecular weight is 285 g/mol. The molecule has 1 aliphatic carbocycles. The lowest BCUT2D eigenvalue weighted by Crippen LogP contribution is -2.11. The molecule has 0 bridgehead atoms. The van der Waals surface area contributed by atoms with E-state index in [2.05, 4.69) is 27.7 Å². The van der Waals surface area contributed by atoms with Gasteiger partial charge in [0.2, 0.25) is 0 Å². The van der Waals surface area contributed by atoms with Crippen molar-refractivity contribution in [2.75, 3.05) is 0 Å². The lowest BCUT2D eigenvalue weighted by Gasteiger charge is -2.07. The number of Topliss-reactive ketones (excluding diaryl/α,β-unsaturated/α-hetero) is 1. The number of carbonyl (C=O) groups is 1. The molecule has 0 amide bonds. The molecule has 1 saturated carbocycles. The van der Waals surface area contributed by atoms with Gasteiger partial charge in [0, 0.05) is 22.4 Å². The Morgan fingerprint density at radius 2 is 1.56 bits per heavy atom. The van der Waals surface area contributed by atoms with Crippen molar-refractivity contribution in [2.24, 2.45) is 16.7 Å². The van der Waals surface area contributed by atoms with Crippen molar-refractivity contribution in [1.29, 1.82) is 0 Å². The first kappa shape index (κ1) is 13.9. The normalized spacial score (nSPS) is 20.8. The van der Waals surface area contributed by atoms with Gasteiger partial charge in [-0.15, -0.1) is 0 Å².